The third kappa shape index (κ3) is 4.70. The number of nitrogens with zero attached hydrogens (tertiary/aromatic N) is 2. The highest BCUT2D eigenvalue weighted by molar-refractivity contribution is 5.97. The molecule has 3 rings (SSSR count). The van der Waals surface area contributed by atoms with Crippen LogP contribution >= 0.6 is 0 Å². The summed E-state index contributed by atoms with van der Waals surface area (Å²) < 4.78 is 0. The molecule has 0 aliphatic heterocycles. The molecule has 1 atom stereocenters. The first-order chi connectivity index (χ1) is 13.1. The fourth-order valence-corrected chi connectivity index (χ4v) is 3.24. The van der Waals surface area contributed by atoms with E-state index in [1.165, 1.54) is 5.56 Å². The third-order valence-corrected chi connectivity index (χ3v) is 4.84. The molecule has 0 spiro atoms. The molecule has 4 nitrogen and oxygen atoms in total. The molecule has 4 heteroatoms. The van der Waals surface area contributed by atoms with Crippen LogP contribution in [0.5, 0.6) is 0 Å². The molecule has 0 saturated carbocycles. The van der Waals surface area contributed by atoms with Gasteiger partial charge in [-0.25, -0.2) is 9.97 Å². The Morgan fingerprint density at radius 2 is 1.63 bits per heavy atom. The van der Waals surface area contributed by atoms with Gasteiger partial charge in [-0.05, 0) is 56.4 Å². The van der Waals surface area contributed by atoms with Gasteiger partial charge in [0, 0.05) is 11.6 Å². The van der Waals surface area contributed by atoms with Crippen molar-refractivity contribution in [2.45, 2.75) is 52.5 Å². The van der Waals surface area contributed by atoms with Crippen molar-refractivity contribution in [2.75, 3.05) is 0 Å². The number of fused-ring (bicyclic) bond motifs is 1. The van der Waals surface area contributed by atoms with Crippen molar-refractivity contribution in [3.8, 4) is 0 Å². The standard InChI is InChI=1S/C23H27N3O/c1-4-19-20(5-2)26-22-15-18(13-14-21(22)25-19)23(27)24-16(3)11-12-17-9-7-6-8-10-17/h6-10,13-16H,4-5,11-12H2,1-3H3,(H,24,27)/t16-/m0/s1. The average molecular weight is 361 g/mol. The maximum Gasteiger partial charge on any atom is 0.251 e. The van der Waals surface area contributed by atoms with Crippen molar-refractivity contribution in [3.63, 3.8) is 0 Å². The van der Waals surface area contributed by atoms with E-state index < -0.39 is 0 Å². The van der Waals surface area contributed by atoms with Crippen LogP contribution in [0.2, 0.25) is 0 Å². The zero-order valence-corrected chi connectivity index (χ0v) is 16.3. The molecule has 0 unspecified atom stereocenters. The number of aryl methyl sites for hydroxylation is 3. The number of carbonyl (C=O) groups excluding carboxylic acids is 1. The van der Waals surface area contributed by atoms with Crippen LogP contribution in [0.4, 0.5) is 0 Å². The van der Waals surface area contributed by atoms with Crippen LogP contribution in [0.15, 0.2) is 48.5 Å². The molecule has 0 fully saturated rings. The second-order valence-corrected chi connectivity index (χ2v) is 6.93. The zero-order valence-electron chi connectivity index (χ0n) is 16.3. The van der Waals surface area contributed by atoms with Crippen LogP contribution in [-0.2, 0) is 19.3 Å². The molecule has 1 N–H and O–H groups in total. The molecule has 1 amide bonds. The lowest BCUT2D eigenvalue weighted by Gasteiger charge is -2.14. The maximum absolute atomic E-state index is 12.6. The van der Waals surface area contributed by atoms with Crippen LogP contribution in [0, 0.1) is 0 Å². The van der Waals surface area contributed by atoms with Gasteiger partial charge in [0.05, 0.1) is 22.4 Å². The average Bonchev–Trinajstić information content (AvgIpc) is 2.71. The molecule has 27 heavy (non-hydrogen) atoms. The van der Waals surface area contributed by atoms with Crippen LogP contribution in [0.25, 0.3) is 11.0 Å². The molecule has 140 valence electrons. The Kier molecular flexibility index (Phi) is 6.17. The Balaban J connectivity index is 1.69. The lowest BCUT2D eigenvalue weighted by Crippen LogP contribution is -2.32. The second kappa shape index (κ2) is 8.76. The molecule has 0 radical (unpaired) electrons. The quantitative estimate of drug-likeness (QED) is 0.674. The predicted octanol–water partition coefficient (Wildman–Crippen LogP) is 4.51. The lowest BCUT2D eigenvalue weighted by molar-refractivity contribution is 0.0938. The Labute approximate surface area is 161 Å². The van der Waals surface area contributed by atoms with Gasteiger partial charge in [0.2, 0.25) is 0 Å². The van der Waals surface area contributed by atoms with Gasteiger partial charge < -0.3 is 5.32 Å². The van der Waals surface area contributed by atoms with Gasteiger partial charge in [-0.2, -0.15) is 0 Å². The molecule has 0 aliphatic carbocycles. The van der Waals surface area contributed by atoms with E-state index in [1.54, 1.807) is 0 Å². The van der Waals surface area contributed by atoms with Gasteiger partial charge in [-0.15, -0.1) is 0 Å². The number of amides is 1. The molecule has 1 aromatic heterocycles. The molecular formula is C23H27N3O. The second-order valence-electron chi connectivity index (χ2n) is 6.93. The highest BCUT2D eigenvalue weighted by Gasteiger charge is 2.12. The molecule has 1 heterocycles. The topological polar surface area (TPSA) is 54.9 Å². The summed E-state index contributed by atoms with van der Waals surface area (Å²) >= 11 is 0. The third-order valence-electron chi connectivity index (χ3n) is 4.84. The van der Waals surface area contributed by atoms with E-state index in [0.29, 0.717) is 5.56 Å². The number of nitrogens with one attached hydrogen (secondary N) is 1. The Morgan fingerprint density at radius 3 is 2.30 bits per heavy atom. The summed E-state index contributed by atoms with van der Waals surface area (Å²) in [4.78, 5) is 22.0. The number of aromatic nitrogens is 2. The minimum atomic E-state index is -0.0584. The fourth-order valence-electron chi connectivity index (χ4n) is 3.24. The molecule has 3 aromatic rings. The lowest BCUT2D eigenvalue weighted by atomic mass is 10.1. The van der Waals surface area contributed by atoms with Gasteiger partial charge in [0.1, 0.15) is 0 Å². The van der Waals surface area contributed by atoms with Gasteiger partial charge >= 0.3 is 0 Å². The summed E-state index contributed by atoms with van der Waals surface area (Å²) in [5, 5.41) is 3.10. The highest BCUT2D eigenvalue weighted by atomic mass is 16.1. The largest absolute Gasteiger partial charge is 0.350 e. The first-order valence-electron chi connectivity index (χ1n) is 9.75. The van der Waals surface area contributed by atoms with E-state index in [0.717, 1.165) is 48.1 Å². The van der Waals surface area contributed by atoms with E-state index >= 15 is 0 Å². The zero-order chi connectivity index (χ0) is 19.2. The van der Waals surface area contributed by atoms with Gasteiger partial charge in [-0.1, -0.05) is 44.2 Å². The summed E-state index contributed by atoms with van der Waals surface area (Å²) in [5.41, 5.74) is 5.61. The first kappa shape index (κ1) is 19.0. The van der Waals surface area contributed by atoms with Gasteiger partial charge in [-0.3, -0.25) is 4.79 Å². The van der Waals surface area contributed by atoms with Crippen molar-refractivity contribution >= 4 is 16.9 Å². The minimum absolute atomic E-state index is 0.0584. The predicted molar refractivity (Wildman–Crippen MR) is 110 cm³/mol. The minimum Gasteiger partial charge on any atom is -0.350 e. The number of hydrogen-bond donors (Lipinski definition) is 1. The van der Waals surface area contributed by atoms with Crippen molar-refractivity contribution in [1.82, 2.24) is 15.3 Å². The normalized spacial score (nSPS) is 12.1. The molecule has 0 bridgehead atoms. The number of hydrogen-bond acceptors (Lipinski definition) is 3. The molecule has 0 aliphatic rings. The van der Waals surface area contributed by atoms with E-state index in [-0.39, 0.29) is 11.9 Å². The number of benzene rings is 2. The van der Waals surface area contributed by atoms with E-state index in [2.05, 4.69) is 31.3 Å². The van der Waals surface area contributed by atoms with Crippen LogP contribution in [0.3, 0.4) is 0 Å². The Morgan fingerprint density at radius 1 is 0.963 bits per heavy atom. The Bertz CT molecular complexity index is 922. The Hall–Kier alpha value is -2.75. The maximum atomic E-state index is 12.6. The summed E-state index contributed by atoms with van der Waals surface area (Å²) in [7, 11) is 0. The van der Waals surface area contributed by atoms with Crippen LogP contribution in [0.1, 0.15) is 54.5 Å². The van der Waals surface area contributed by atoms with Crippen molar-refractivity contribution in [2.24, 2.45) is 0 Å². The fraction of sp³-hybridized carbons (Fsp3) is 0.348. The van der Waals surface area contributed by atoms with E-state index in [4.69, 9.17) is 9.97 Å². The summed E-state index contributed by atoms with van der Waals surface area (Å²) in [5.74, 6) is -0.0584. The summed E-state index contributed by atoms with van der Waals surface area (Å²) in [6.07, 6.45) is 3.57. The van der Waals surface area contributed by atoms with E-state index in [1.807, 2.05) is 43.3 Å². The monoisotopic (exact) mass is 361 g/mol. The van der Waals surface area contributed by atoms with Gasteiger partial charge in [0.25, 0.3) is 5.91 Å². The smallest absolute Gasteiger partial charge is 0.251 e. The molecule has 0 saturated heterocycles. The summed E-state index contributed by atoms with van der Waals surface area (Å²) in [6, 6.07) is 16.0. The van der Waals surface area contributed by atoms with E-state index in [9.17, 15) is 4.79 Å². The molecule has 2 aromatic carbocycles. The van der Waals surface area contributed by atoms with Gasteiger partial charge in [0.15, 0.2) is 0 Å². The van der Waals surface area contributed by atoms with Crippen molar-refractivity contribution in [3.05, 3.63) is 71.0 Å². The number of carbonyl (C=O) groups is 1. The first-order valence-corrected chi connectivity index (χ1v) is 9.75. The van der Waals surface area contributed by atoms with Crippen LogP contribution in [-0.4, -0.2) is 21.9 Å². The van der Waals surface area contributed by atoms with Crippen molar-refractivity contribution < 1.29 is 4.79 Å². The van der Waals surface area contributed by atoms with Crippen LogP contribution < -0.4 is 5.32 Å². The molecular weight excluding hydrogens is 334 g/mol. The highest BCUT2D eigenvalue weighted by Crippen LogP contribution is 2.16. The number of rotatable bonds is 7. The van der Waals surface area contributed by atoms with Crippen molar-refractivity contribution in [1.29, 1.82) is 0 Å². The summed E-state index contributed by atoms with van der Waals surface area (Å²) in [6.45, 7) is 6.22. The SMILES string of the molecule is CCc1nc2ccc(C(=O)N[C@@H](C)CCc3ccccc3)cc2nc1CC.